The maximum absolute atomic E-state index is 10.8. The van der Waals surface area contributed by atoms with Crippen molar-refractivity contribution in [3.05, 3.63) is 54.5 Å². The topological polar surface area (TPSA) is 123 Å². The molecule has 0 saturated heterocycles. The highest BCUT2D eigenvalue weighted by molar-refractivity contribution is 7.94. The lowest BCUT2D eigenvalue weighted by Gasteiger charge is -2.04. The smallest absolute Gasteiger partial charge is 0.265 e. The summed E-state index contributed by atoms with van der Waals surface area (Å²) in [6.45, 7) is 2.36. The second-order valence-corrected chi connectivity index (χ2v) is 8.51. The third-order valence-electron chi connectivity index (χ3n) is 4.09. The molecule has 0 bridgehead atoms. The summed E-state index contributed by atoms with van der Waals surface area (Å²) >= 11 is 0.878. The third kappa shape index (κ3) is 6.10. The Morgan fingerprint density at radius 1 is 1.21 bits per heavy atom. The minimum absolute atomic E-state index is 0.281. The molecule has 0 atom stereocenters. The van der Waals surface area contributed by atoms with Gasteiger partial charge in [-0.2, -0.15) is 8.42 Å². The minimum Gasteiger partial charge on any atom is -0.436 e. The van der Waals surface area contributed by atoms with Crippen molar-refractivity contribution in [2.45, 2.75) is 24.8 Å². The largest absolute Gasteiger partial charge is 0.436 e. The van der Waals surface area contributed by atoms with Gasteiger partial charge in [-0.1, -0.05) is 17.2 Å². The van der Waals surface area contributed by atoms with Gasteiger partial charge in [0.15, 0.2) is 18.2 Å². The summed E-state index contributed by atoms with van der Waals surface area (Å²) < 4.78 is 42.5. The first kappa shape index (κ1) is 21.4. The fourth-order valence-electron chi connectivity index (χ4n) is 2.61. The van der Waals surface area contributed by atoms with Crippen LogP contribution in [0.4, 0.5) is 0 Å². The number of benzene rings is 1. The van der Waals surface area contributed by atoms with Gasteiger partial charge in [0.1, 0.15) is 6.54 Å². The molecule has 0 unspecified atom stereocenters. The van der Waals surface area contributed by atoms with Crippen molar-refractivity contribution >= 4 is 22.2 Å². The van der Waals surface area contributed by atoms with Crippen LogP contribution in [0.25, 0.3) is 22.8 Å². The van der Waals surface area contributed by atoms with Crippen LogP contribution in [0.2, 0.25) is 0 Å². The van der Waals surface area contributed by atoms with Crippen LogP contribution in [-0.2, 0) is 26.0 Å². The zero-order valence-electron chi connectivity index (χ0n) is 15.4. The van der Waals surface area contributed by atoms with Gasteiger partial charge in [-0.25, -0.2) is 14.8 Å². The average molecular weight is 439 g/mol. The second-order valence-electron chi connectivity index (χ2n) is 6.20. The summed E-state index contributed by atoms with van der Waals surface area (Å²) in [6.07, 6.45) is 5.50. The highest BCUT2D eigenvalue weighted by atomic mass is 32.2. The van der Waals surface area contributed by atoms with Crippen molar-refractivity contribution in [1.29, 1.82) is 0 Å². The Morgan fingerprint density at radius 3 is 2.66 bits per heavy atom. The summed E-state index contributed by atoms with van der Waals surface area (Å²) in [5.41, 5.74) is 2.49. The molecule has 0 radical (unpaired) electrons. The lowest BCUT2D eigenvalue weighted by atomic mass is 10.1. The quantitative estimate of drug-likeness (QED) is 0.170. The molecule has 154 valence electrons. The molecule has 0 aliphatic rings. The van der Waals surface area contributed by atoms with Crippen LogP contribution >= 0.6 is 12.0 Å². The van der Waals surface area contributed by atoms with Crippen LogP contribution in [0.1, 0.15) is 12.0 Å². The molecular formula is C18H19N2O7S2+. The molecule has 0 aliphatic heterocycles. The summed E-state index contributed by atoms with van der Waals surface area (Å²) in [4.78, 5) is 5.06. The van der Waals surface area contributed by atoms with Gasteiger partial charge < -0.3 is 4.42 Å². The van der Waals surface area contributed by atoms with Crippen LogP contribution in [-0.4, -0.2) is 29.0 Å². The molecule has 0 amide bonds. The lowest BCUT2D eigenvalue weighted by molar-refractivity contribution is -0.696. The predicted octanol–water partition coefficient (Wildman–Crippen LogP) is 3.31. The lowest BCUT2D eigenvalue weighted by Crippen LogP contribution is -2.33. The Hall–Kier alpha value is -2.28. The normalized spacial score (nSPS) is 11.7. The Morgan fingerprint density at radius 2 is 1.97 bits per heavy atom. The van der Waals surface area contributed by atoms with E-state index in [9.17, 15) is 8.42 Å². The van der Waals surface area contributed by atoms with Crippen LogP contribution < -0.4 is 4.57 Å². The predicted molar refractivity (Wildman–Crippen MR) is 104 cm³/mol. The van der Waals surface area contributed by atoms with E-state index in [1.807, 2.05) is 41.8 Å². The molecule has 2 N–H and O–H groups in total. The Labute approximate surface area is 171 Å². The molecule has 29 heavy (non-hydrogen) atoms. The van der Waals surface area contributed by atoms with E-state index in [1.165, 1.54) is 0 Å². The first-order chi connectivity index (χ1) is 13.9. The van der Waals surface area contributed by atoms with E-state index in [1.54, 1.807) is 18.6 Å². The maximum atomic E-state index is 10.8. The Kier molecular flexibility index (Phi) is 7.00. The van der Waals surface area contributed by atoms with Gasteiger partial charge in [-0.15, -0.1) is 4.33 Å². The van der Waals surface area contributed by atoms with Crippen molar-refractivity contribution in [2.24, 2.45) is 0 Å². The van der Waals surface area contributed by atoms with Crippen LogP contribution in [0.5, 0.6) is 0 Å². The summed E-state index contributed by atoms with van der Waals surface area (Å²) in [5.74, 6) is 0.725. The molecule has 11 heteroatoms. The fraction of sp³-hybridized carbons (Fsp3) is 0.222. The zero-order valence-corrected chi connectivity index (χ0v) is 17.0. The number of hydrogen-bond donors (Lipinski definition) is 2. The first-order valence-corrected chi connectivity index (χ1v) is 10.9. The first-order valence-electron chi connectivity index (χ1n) is 8.52. The number of oxazole rings is 1. The van der Waals surface area contributed by atoms with E-state index >= 15 is 0 Å². The molecule has 3 aromatic rings. The van der Waals surface area contributed by atoms with Crippen LogP contribution in [0, 0.1) is 6.92 Å². The van der Waals surface area contributed by atoms with Gasteiger partial charge >= 0.3 is 0 Å². The minimum atomic E-state index is -3.95. The van der Waals surface area contributed by atoms with E-state index in [4.69, 9.17) is 14.2 Å². The van der Waals surface area contributed by atoms with Gasteiger partial charge in [0.05, 0.1) is 24.0 Å². The number of aromatic nitrogens is 2. The highest BCUT2D eigenvalue weighted by Crippen LogP contribution is 2.31. The van der Waals surface area contributed by atoms with E-state index in [0.717, 1.165) is 33.6 Å². The Balaban J connectivity index is 1.71. The van der Waals surface area contributed by atoms with Crippen molar-refractivity contribution in [3.63, 3.8) is 0 Å². The van der Waals surface area contributed by atoms with E-state index < -0.39 is 10.1 Å². The standard InChI is InChI=1S/C18H18N2O7S2/c1-13-3-4-15(11-17(13)28-27-26-21)16-12-19-18(25-16)14-5-8-20(9-6-14)7-2-10-29(22,23)24/h3-6,8-9,11-12H,2,7,10H2,1H3,(H-,21,22,23,24)/p+1. The van der Waals surface area contributed by atoms with Gasteiger partial charge in [0, 0.05) is 34.6 Å². The number of rotatable bonds is 9. The monoisotopic (exact) mass is 439 g/mol. The molecule has 0 fully saturated rings. The zero-order chi connectivity index (χ0) is 20.9. The van der Waals surface area contributed by atoms with E-state index in [-0.39, 0.29) is 5.75 Å². The van der Waals surface area contributed by atoms with Gasteiger partial charge in [-0.3, -0.25) is 4.55 Å². The molecular weight excluding hydrogens is 420 g/mol. The Bertz CT molecular complexity index is 1070. The van der Waals surface area contributed by atoms with Crippen molar-refractivity contribution in [3.8, 4) is 22.8 Å². The molecule has 0 spiro atoms. The van der Waals surface area contributed by atoms with Gasteiger partial charge in [0.25, 0.3) is 10.1 Å². The molecule has 2 heterocycles. The van der Waals surface area contributed by atoms with Crippen molar-refractivity contribution < 1.29 is 36.6 Å². The number of hydrogen-bond acceptors (Lipinski definition) is 8. The van der Waals surface area contributed by atoms with Crippen molar-refractivity contribution in [2.75, 3.05) is 5.75 Å². The molecule has 3 rings (SSSR count). The van der Waals surface area contributed by atoms with Gasteiger partial charge in [-0.05, 0) is 18.6 Å². The summed E-state index contributed by atoms with van der Waals surface area (Å²) in [5, 5.41) is 12.0. The van der Waals surface area contributed by atoms with E-state index in [2.05, 4.69) is 14.4 Å². The number of aryl methyl sites for hydroxylation is 2. The third-order valence-corrected chi connectivity index (χ3v) is 5.64. The summed E-state index contributed by atoms with van der Waals surface area (Å²) in [6, 6.07) is 9.23. The summed E-state index contributed by atoms with van der Waals surface area (Å²) in [7, 11) is -3.95. The van der Waals surface area contributed by atoms with E-state index in [0.29, 0.717) is 24.6 Å². The molecule has 2 aromatic heterocycles. The number of nitrogens with zero attached hydrogens (tertiary/aromatic N) is 2. The van der Waals surface area contributed by atoms with Gasteiger partial charge in [0.2, 0.25) is 5.89 Å². The van der Waals surface area contributed by atoms with Crippen LogP contribution in [0.3, 0.4) is 0 Å². The molecule has 9 nitrogen and oxygen atoms in total. The molecule has 1 aromatic carbocycles. The molecule has 0 aliphatic carbocycles. The number of pyridine rings is 1. The SMILES string of the molecule is Cc1ccc(-c2cnc(-c3cc[n+](CCCS(=O)(=O)O)cc3)o2)cc1SOOO. The van der Waals surface area contributed by atoms with Crippen LogP contribution in [0.15, 0.2) is 58.2 Å². The fourth-order valence-corrected chi connectivity index (χ4v) is 3.59. The molecule has 0 saturated carbocycles. The average Bonchev–Trinajstić information content (AvgIpc) is 3.17. The maximum Gasteiger partial charge on any atom is 0.265 e. The highest BCUT2D eigenvalue weighted by Gasteiger charge is 2.13. The second kappa shape index (κ2) is 9.48. The van der Waals surface area contributed by atoms with Crippen molar-refractivity contribution in [1.82, 2.24) is 4.98 Å².